The van der Waals surface area contributed by atoms with Crippen LogP contribution < -0.4 is 0 Å². The zero-order valence-electron chi connectivity index (χ0n) is 51.8. The van der Waals surface area contributed by atoms with Gasteiger partial charge in [0, 0.05) is 65.5 Å². The van der Waals surface area contributed by atoms with Gasteiger partial charge in [-0.25, -0.2) is 0 Å². The molecule has 0 aliphatic heterocycles. The van der Waals surface area contributed by atoms with Crippen molar-refractivity contribution in [3.63, 3.8) is 0 Å². The van der Waals surface area contributed by atoms with Gasteiger partial charge in [-0.2, -0.15) is 0 Å². The summed E-state index contributed by atoms with van der Waals surface area (Å²) in [6.45, 7) is 42.2. The fourth-order valence-electron chi connectivity index (χ4n) is 14.6. The van der Waals surface area contributed by atoms with Crippen LogP contribution in [0.15, 0.2) is 146 Å². The van der Waals surface area contributed by atoms with E-state index in [1.165, 1.54) is 165 Å². The smallest absolute Gasteiger partial charge is 0.0620 e. The minimum atomic E-state index is -0.0667. The lowest BCUT2D eigenvalue weighted by Gasteiger charge is -2.21. The summed E-state index contributed by atoms with van der Waals surface area (Å²) in [6.07, 6.45) is 0. The highest BCUT2D eigenvalue weighted by molar-refractivity contribution is 6.29. The minimum absolute atomic E-state index is 0.0340. The van der Waals surface area contributed by atoms with Gasteiger partial charge in [-0.1, -0.05) is 179 Å². The standard InChI is InChI=1S/C79H79N3/c1-74(2,3)44-20-25-51-53(32-44)54-33-45(75(4,5)6)21-26-52(54)71(51)43-19-27-67-55(31-43)61-36-48(78(13,14)15)38-63-59-42-70-60(41-69(59)81(67)72(61)63)64-39-49(79(16,17)18)37-62-58-40-50(24-30-68(58)82(70)73(62)64)80-65-28-22-46(76(7,8)9)34-56(65)57-35-47(77(10,11)12)23-29-66(57)80/h19-42,71H,1-18H3. The molecule has 0 saturated heterocycles. The van der Waals surface area contributed by atoms with Crippen LogP contribution in [0, 0.1) is 0 Å². The monoisotopic (exact) mass is 1070 g/mol. The van der Waals surface area contributed by atoms with E-state index in [9.17, 15) is 0 Å². The summed E-state index contributed by atoms with van der Waals surface area (Å²) < 4.78 is 7.76. The molecule has 1 aliphatic rings. The lowest BCUT2D eigenvalue weighted by Crippen LogP contribution is -2.11. The van der Waals surface area contributed by atoms with Crippen molar-refractivity contribution in [3.05, 3.63) is 196 Å². The van der Waals surface area contributed by atoms with Crippen LogP contribution in [0.1, 0.15) is 181 Å². The fourth-order valence-corrected chi connectivity index (χ4v) is 14.6. The topological polar surface area (TPSA) is 13.8 Å². The summed E-state index contributed by atoms with van der Waals surface area (Å²) >= 11 is 0. The zero-order chi connectivity index (χ0) is 57.6. The van der Waals surface area contributed by atoms with Gasteiger partial charge in [0.05, 0.1) is 44.1 Å². The van der Waals surface area contributed by atoms with E-state index < -0.39 is 0 Å². The molecule has 0 bridgehead atoms. The van der Waals surface area contributed by atoms with E-state index in [1.807, 2.05) is 0 Å². The number of rotatable bonds is 2. The molecule has 14 aromatic rings. The number of aromatic nitrogens is 3. The summed E-state index contributed by atoms with van der Waals surface area (Å²) in [4.78, 5) is 0. The molecule has 3 heteroatoms. The Balaban J connectivity index is 0.975. The number of hydrogen-bond acceptors (Lipinski definition) is 0. The van der Waals surface area contributed by atoms with E-state index in [1.54, 1.807) is 0 Å². The van der Waals surface area contributed by atoms with Crippen LogP contribution in [0.4, 0.5) is 0 Å². The van der Waals surface area contributed by atoms with Crippen LogP contribution in [0.5, 0.6) is 0 Å². The summed E-state index contributed by atoms with van der Waals surface area (Å²) in [5.41, 5.74) is 26.6. The Kier molecular flexibility index (Phi) is 10.1. The van der Waals surface area contributed by atoms with Crippen molar-refractivity contribution in [2.75, 3.05) is 0 Å². The molecule has 410 valence electrons. The maximum atomic E-state index is 2.62. The van der Waals surface area contributed by atoms with Crippen molar-refractivity contribution >= 4 is 98.0 Å². The van der Waals surface area contributed by atoms with Crippen LogP contribution in [-0.4, -0.2) is 13.4 Å². The number of hydrogen-bond donors (Lipinski definition) is 0. The predicted molar refractivity (Wildman–Crippen MR) is 355 cm³/mol. The van der Waals surface area contributed by atoms with Crippen LogP contribution in [0.3, 0.4) is 0 Å². The highest BCUT2D eigenvalue weighted by Crippen LogP contribution is 2.53. The molecule has 3 nitrogen and oxygen atoms in total. The highest BCUT2D eigenvalue weighted by atomic mass is 15.0. The zero-order valence-corrected chi connectivity index (χ0v) is 51.8. The molecule has 0 atom stereocenters. The van der Waals surface area contributed by atoms with E-state index in [4.69, 9.17) is 0 Å². The Bertz CT molecular complexity index is 4940. The largest absolute Gasteiger partial charge is 0.309 e. The summed E-state index contributed by atoms with van der Waals surface area (Å²) in [5.74, 6) is 0.142. The van der Waals surface area contributed by atoms with Crippen LogP contribution >= 0.6 is 0 Å². The molecule has 0 unspecified atom stereocenters. The first-order valence-corrected chi connectivity index (χ1v) is 30.3. The third kappa shape index (κ3) is 7.20. The van der Waals surface area contributed by atoms with Gasteiger partial charge < -0.3 is 13.4 Å². The maximum Gasteiger partial charge on any atom is 0.0620 e. The van der Waals surface area contributed by atoms with E-state index in [2.05, 4.69) is 284 Å². The van der Waals surface area contributed by atoms with Crippen molar-refractivity contribution in [1.82, 2.24) is 13.4 Å². The first kappa shape index (κ1) is 51.3. The van der Waals surface area contributed by atoms with Crippen molar-refractivity contribution in [2.45, 2.75) is 163 Å². The summed E-state index contributed by atoms with van der Waals surface area (Å²) in [6, 6.07) is 59.0. The molecule has 82 heavy (non-hydrogen) atoms. The Morgan fingerprint density at radius 2 is 0.573 bits per heavy atom. The van der Waals surface area contributed by atoms with E-state index in [0.29, 0.717) is 0 Å². The van der Waals surface area contributed by atoms with Gasteiger partial charge in [-0.15, -0.1) is 0 Å². The third-order valence-electron chi connectivity index (χ3n) is 19.5. The van der Waals surface area contributed by atoms with Gasteiger partial charge >= 0.3 is 0 Å². The van der Waals surface area contributed by atoms with Crippen molar-refractivity contribution in [3.8, 4) is 16.8 Å². The molecule has 0 spiro atoms. The van der Waals surface area contributed by atoms with Gasteiger partial charge in [0.15, 0.2) is 0 Å². The van der Waals surface area contributed by atoms with Crippen LogP contribution in [0.2, 0.25) is 0 Å². The molecule has 0 saturated carbocycles. The molecule has 0 fully saturated rings. The molecule has 0 N–H and O–H groups in total. The normalized spacial score (nSPS) is 14.4. The second-order valence-corrected chi connectivity index (χ2v) is 31.2. The molecule has 9 aromatic carbocycles. The van der Waals surface area contributed by atoms with Crippen LogP contribution in [-0.2, 0) is 32.5 Å². The third-order valence-corrected chi connectivity index (χ3v) is 19.5. The molecule has 15 rings (SSSR count). The lowest BCUT2D eigenvalue weighted by molar-refractivity contribution is 0.589. The average Bonchev–Trinajstić information content (AvgIpc) is 1.65. The van der Waals surface area contributed by atoms with Gasteiger partial charge in [-0.3, -0.25) is 0 Å². The summed E-state index contributed by atoms with van der Waals surface area (Å²) in [7, 11) is 0. The Labute approximate surface area is 484 Å². The molecular formula is C79H79N3. The van der Waals surface area contributed by atoms with E-state index >= 15 is 0 Å². The molecule has 1 aliphatic carbocycles. The number of nitrogens with zero attached hydrogens (tertiary/aromatic N) is 3. The first-order valence-electron chi connectivity index (χ1n) is 30.3. The van der Waals surface area contributed by atoms with E-state index in [0.717, 1.165) is 0 Å². The first-order chi connectivity index (χ1) is 38.4. The molecule has 0 radical (unpaired) electrons. The molecule has 5 heterocycles. The number of benzene rings is 9. The molecule has 5 aromatic heterocycles. The Hall–Kier alpha value is -7.62. The van der Waals surface area contributed by atoms with Gasteiger partial charge in [0.1, 0.15) is 0 Å². The molecular weight excluding hydrogens is 991 g/mol. The highest BCUT2D eigenvalue weighted by Gasteiger charge is 2.34. The van der Waals surface area contributed by atoms with Crippen molar-refractivity contribution < 1.29 is 0 Å². The fraction of sp³-hybridized carbons (Fsp3) is 0.316. The number of fused-ring (bicyclic) bond motifs is 18. The van der Waals surface area contributed by atoms with Gasteiger partial charge in [-0.05, 0) is 185 Å². The second-order valence-electron chi connectivity index (χ2n) is 31.2. The quantitative estimate of drug-likeness (QED) is 0.164. The Morgan fingerprint density at radius 1 is 0.256 bits per heavy atom. The predicted octanol–water partition coefficient (Wildman–Crippen LogP) is 22.0. The molecule has 0 amide bonds. The average molecular weight is 1070 g/mol. The van der Waals surface area contributed by atoms with Crippen molar-refractivity contribution in [1.29, 1.82) is 0 Å². The Morgan fingerprint density at radius 3 is 0.976 bits per heavy atom. The van der Waals surface area contributed by atoms with Gasteiger partial charge in [0.25, 0.3) is 0 Å². The summed E-state index contributed by atoms with van der Waals surface area (Å²) in [5, 5.41) is 13.2. The van der Waals surface area contributed by atoms with E-state index in [-0.39, 0.29) is 38.4 Å². The maximum absolute atomic E-state index is 2.62. The SMILES string of the molecule is CC(C)(C)c1ccc2c(c1)-c1cc(C(C)(C)C)ccc1C2c1ccc2c(c1)c1cc(C(C)(C)C)cc3c4cc5c(cc4n2c13)c1cc(C(C)(C)C)cc2c3cc(-n4c6ccc(C(C)(C)C)cc6c6cc(C(C)(C)C)ccc64)ccc3n5c21. The lowest BCUT2D eigenvalue weighted by atomic mass is 9.83. The van der Waals surface area contributed by atoms with Gasteiger partial charge in [0.2, 0.25) is 0 Å². The second kappa shape index (κ2) is 16.1. The van der Waals surface area contributed by atoms with Crippen LogP contribution in [0.25, 0.3) is 115 Å². The minimum Gasteiger partial charge on any atom is -0.309 e. The van der Waals surface area contributed by atoms with Crippen molar-refractivity contribution in [2.24, 2.45) is 0 Å².